The van der Waals surface area contributed by atoms with Gasteiger partial charge in [-0.1, -0.05) is 38.1 Å². The number of aliphatic hydroxyl groups excluding tert-OH is 1. The Hall–Kier alpha value is -2.33. The maximum absolute atomic E-state index is 13.8. The van der Waals surface area contributed by atoms with Crippen molar-refractivity contribution in [1.29, 1.82) is 0 Å². The molecule has 1 heterocycles. The zero-order valence-corrected chi connectivity index (χ0v) is 15.6. The maximum Gasteiger partial charge on any atom is 0.227 e. The molecule has 2 aromatic carbocycles. The number of hydrogen-bond acceptors (Lipinski definition) is 2. The summed E-state index contributed by atoms with van der Waals surface area (Å²) in [6.07, 6.45) is 1.44. The van der Waals surface area contributed by atoms with Crippen molar-refractivity contribution in [3.05, 3.63) is 71.2 Å². The van der Waals surface area contributed by atoms with Crippen LogP contribution in [0.15, 0.2) is 59.9 Å². The normalized spacial score (nSPS) is 20.7. The first-order valence-corrected chi connectivity index (χ1v) is 8.59. The van der Waals surface area contributed by atoms with E-state index in [-0.39, 0.29) is 29.7 Å². The predicted octanol–water partition coefficient (Wildman–Crippen LogP) is 0.782. The van der Waals surface area contributed by atoms with Crippen LogP contribution in [-0.2, 0) is 0 Å². The number of anilines is 1. The second-order valence-electron chi connectivity index (χ2n) is 7.66. The number of aliphatic hydroxyl groups is 1. The summed E-state index contributed by atoms with van der Waals surface area (Å²) >= 11 is 0. The summed E-state index contributed by atoms with van der Waals surface area (Å²) in [5, 5.41) is 14.3. The fraction of sp³-hybridized carbons (Fsp3) is 0.286. The molecule has 0 amide bonds. The van der Waals surface area contributed by atoms with Crippen LogP contribution < -0.4 is 22.7 Å². The van der Waals surface area contributed by atoms with Gasteiger partial charge in [0.25, 0.3) is 0 Å². The molecule has 26 heavy (non-hydrogen) atoms. The van der Waals surface area contributed by atoms with Gasteiger partial charge in [-0.05, 0) is 29.2 Å². The Kier molecular flexibility index (Phi) is 4.80. The summed E-state index contributed by atoms with van der Waals surface area (Å²) in [7, 11) is 0. The van der Waals surface area contributed by atoms with E-state index in [4.69, 9.17) is 0 Å². The van der Waals surface area contributed by atoms with Crippen LogP contribution in [0.3, 0.4) is 0 Å². The molecule has 5 heteroatoms. The number of benzene rings is 2. The van der Waals surface area contributed by atoms with Gasteiger partial charge in [0.15, 0.2) is 5.71 Å². The summed E-state index contributed by atoms with van der Waals surface area (Å²) in [6, 6.07) is 14.2. The second kappa shape index (κ2) is 6.76. The Morgan fingerprint density at radius 1 is 1.12 bits per heavy atom. The van der Waals surface area contributed by atoms with E-state index in [1.807, 2.05) is 30.3 Å². The number of halogens is 2. The summed E-state index contributed by atoms with van der Waals surface area (Å²) in [5.74, 6) is 0.0934. The van der Waals surface area contributed by atoms with Gasteiger partial charge >= 0.3 is 0 Å². The van der Waals surface area contributed by atoms with Crippen LogP contribution in [0.25, 0.3) is 0 Å². The molecule has 0 saturated heterocycles. The fourth-order valence-corrected chi connectivity index (χ4v) is 3.86. The third-order valence-electron chi connectivity index (χ3n) is 4.92. The molecule has 2 aliphatic rings. The van der Waals surface area contributed by atoms with Gasteiger partial charge in [0.2, 0.25) is 5.69 Å². The number of allylic oxidation sites excluding steroid dienone is 1. The van der Waals surface area contributed by atoms with E-state index < -0.39 is 0 Å². The van der Waals surface area contributed by atoms with Gasteiger partial charge in [-0.25, -0.2) is 9.38 Å². The van der Waals surface area contributed by atoms with Crippen molar-refractivity contribution in [2.45, 2.75) is 32.7 Å². The fourth-order valence-electron chi connectivity index (χ4n) is 3.86. The molecule has 4 rings (SSSR count). The van der Waals surface area contributed by atoms with Crippen LogP contribution in [0.1, 0.15) is 38.3 Å². The number of fused-ring (bicyclic) bond motifs is 2. The molecule has 2 aromatic rings. The van der Waals surface area contributed by atoms with Crippen molar-refractivity contribution in [2.24, 2.45) is 5.41 Å². The van der Waals surface area contributed by atoms with Crippen LogP contribution in [-0.4, -0.2) is 10.8 Å². The molecule has 0 saturated carbocycles. The third-order valence-corrected chi connectivity index (χ3v) is 4.92. The molecule has 0 aromatic heterocycles. The highest BCUT2D eigenvalue weighted by Crippen LogP contribution is 2.42. The highest BCUT2D eigenvalue weighted by atomic mass is 35.5. The first-order chi connectivity index (χ1) is 11.9. The van der Waals surface area contributed by atoms with E-state index in [0.29, 0.717) is 12.2 Å². The minimum Gasteiger partial charge on any atom is -1.00 e. The molecule has 0 fully saturated rings. The highest BCUT2D eigenvalue weighted by Gasteiger charge is 2.40. The van der Waals surface area contributed by atoms with Crippen molar-refractivity contribution in [2.75, 3.05) is 5.32 Å². The summed E-state index contributed by atoms with van der Waals surface area (Å²) in [6.45, 7) is 4.30. The smallest absolute Gasteiger partial charge is 0.227 e. The predicted molar refractivity (Wildman–Crippen MR) is 97.5 cm³/mol. The lowest BCUT2D eigenvalue weighted by Gasteiger charge is -2.31. The second-order valence-corrected chi connectivity index (χ2v) is 7.66. The van der Waals surface area contributed by atoms with E-state index in [9.17, 15) is 9.50 Å². The molecule has 3 N–H and O–H groups in total. The average molecular weight is 373 g/mol. The van der Waals surface area contributed by atoms with Gasteiger partial charge in [0.1, 0.15) is 17.3 Å². The Morgan fingerprint density at radius 2 is 1.88 bits per heavy atom. The zero-order valence-electron chi connectivity index (χ0n) is 14.8. The summed E-state index contributed by atoms with van der Waals surface area (Å²) in [5.41, 5.74) is 4.52. The van der Waals surface area contributed by atoms with Crippen molar-refractivity contribution in [1.82, 2.24) is 0 Å². The lowest BCUT2D eigenvalue weighted by Crippen LogP contribution is -3.00. The maximum atomic E-state index is 13.8. The van der Waals surface area contributed by atoms with Crippen LogP contribution >= 0.6 is 0 Å². The van der Waals surface area contributed by atoms with Crippen LogP contribution in [0.2, 0.25) is 0 Å². The topological polar surface area (TPSA) is 46.2 Å². The van der Waals surface area contributed by atoms with Gasteiger partial charge in [-0.15, -0.1) is 0 Å². The van der Waals surface area contributed by atoms with Gasteiger partial charge < -0.3 is 22.8 Å². The van der Waals surface area contributed by atoms with E-state index in [1.165, 1.54) is 12.1 Å². The van der Waals surface area contributed by atoms with Crippen LogP contribution in [0, 0.1) is 11.2 Å². The van der Waals surface area contributed by atoms with E-state index in [2.05, 4.69) is 24.2 Å². The number of hydrogen-bond donors (Lipinski definition) is 3. The van der Waals surface area contributed by atoms with Crippen molar-refractivity contribution in [3.8, 4) is 0 Å². The molecule has 1 unspecified atom stereocenters. The summed E-state index contributed by atoms with van der Waals surface area (Å²) < 4.78 is 13.8. The van der Waals surface area contributed by atoms with E-state index in [1.54, 1.807) is 6.07 Å². The molecule has 0 spiro atoms. The van der Waals surface area contributed by atoms with Gasteiger partial charge in [0.05, 0.1) is 11.6 Å². The van der Waals surface area contributed by atoms with Crippen LogP contribution in [0.4, 0.5) is 15.8 Å². The van der Waals surface area contributed by atoms with E-state index in [0.717, 1.165) is 34.6 Å². The zero-order chi connectivity index (χ0) is 17.6. The van der Waals surface area contributed by atoms with Crippen molar-refractivity contribution >= 4 is 17.1 Å². The molecular weight excluding hydrogens is 351 g/mol. The quantitative estimate of drug-likeness (QED) is 0.693. The molecule has 1 aliphatic carbocycles. The van der Waals surface area contributed by atoms with Crippen molar-refractivity contribution < 1.29 is 26.9 Å². The molecule has 1 aliphatic heterocycles. The Labute approximate surface area is 159 Å². The number of nitrogens with one attached hydrogen (secondary N) is 2. The SMILES string of the molecule is CC1(C)CC2=[NH+]c3ccccc3NC(c3cccc(F)c3)C2=C(O)C1.[Cl-]. The van der Waals surface area contributed by atoms with Gasteiger partial charge in [0, 0.05) is 18.9 Å². The Bertz CT molecular complexity index is 904. The van der Waals surface area contributed by atoms with Gasteiger partial charge in [-0.3, -0.25) is 0 Å². The highest BCUT2D eigenvalue weighted by molar-refractivity contribution is 6.01. The van der Waals surface area contributed by atoms with Crippen LogP contribution in [0.5, 0.6) is 0 Å². The van der Waals surface area contributed by atoms with Gasteiger partial charge in [-0.2, -0.15) is 0 Å². The lowest BCUT2D eigenvalue weighted by atomic mass is 9.74. The average Bonchev–Trinajstić information content (AvgIpc) is 2.70. The Morgan fingerprint density at radius 3 is 2.65 bits per heavy atom. The largest absolute Gasteiger partial charge is 1.00 e. The van der Waals surface area contributed by atoms with E-state index >= 15 is 0 Å². The number of rotatable bonds is 1. The van der Waals surface area contributed by atoms with Crippen molar-refractivity contribution in [3.63, 3.8) is 0 Å². The first-order valence-electron chi connectivity index (χ1n) is 8.59. The molecule has 0 bridgehead atoms. The molecule has 1 atom stereocenters. The molecule has 136 valence electrons. The first kappa shape index (κ1) is 18.5. The monoisotopic (exact) mass is 372 g/mol. The molecule has 3 nitrogen and oxygen atoms in total. The molecular formula is C21H22ClFN2O. The Balaban J connectivity index is 0.00000196. The standard InChI is InChI=1S/C21H21FN2O.ClH/c1-21(2)11-17-19(18(25)12-21)20(13-6-5-7-14(22)10-13)24-16-9-4-3-8-15(16)23-17;/h3-10,20,24-25H,11-12H2,1-2H3;1H. The summed E-state index contributed by atoms with van der Waals surface area (Å²) in [4.78, 5) is 3.50. The molecule has 0 radical (unpaired) electrons. The minimum absolute atomic E-state index is 0. The third kappa shape index (κ3) is 3.34. The lowest BCUT2D eigenvalue weighted by molar-refractivity contribution is -0.354. The minimum atomic E-state index is -0.294. The number of para-hydroxylation sites is 2.